The number of aromatic hydroxyl groups is 1. The summed E-state index contributed by atoms with van der Waals surface area (Å²) in [5.41, 5.74) is -0.488. The average molecular weight is 436 g/mol. The third-order valence-corrected chi connectivity index (χ3v) is 4.74. The normalized spacial score (nSPS) is 10.4. The fourth-order valence-corrected chi connectivity index (χ4v) is 2.31. The zero-order valence-electron chi connectivity index (χ0n) is 9.30. The first-order chi connectivity index (χ1) is 8.90. The smallest absolute Gasteiger partial charge is 0.353 e. The number of halogens is 2. The van der Waals surface area contributed by atoms with Gasteiger partial charge in [0, 0.05) is 20.2 Å². The van der Waals surface area contributed by atoms with Gasteiger partial charge in [-0.3, -0.25) is 9.36 Å². The largest absolute Gasteiger partial charge is 0.508 e. The number of aromatic nitrogens is 1. The molecule has 0 saturated heterocycles. The number of nitrogens with zero attached hydrogens (tertiary/aromatic N) is 1. The van der Waals surface area contributed by atoms with E-state index in [4.69, 9.17) is 5.11 Å². The molecule has 0 saturated carbocycles. The highest BCUT2D eigenvalue weighted by molar-refractivity contribution is 14.1. The van der Waals surface area contributed by atoms with Crippen LogP contribution in [-0.4, -0.2) is 20.7 Å². The second-order valence-electron chi connectivity index (χ2n) is 3.68. The number of hydrogen-bond donors (Lipinski definition) is 2. The van der Waals surface area contributed by atoms with E-state index in [0.29, 0.717) is 5.69 Å². The molecule has 0 aliphatic rings. The van der Waals surface area contributed by atoms with Crippen molar-refractivity contribution in [2.75, 3.05) is 0 Å². The molecule has 2 aromatic rings. The van der Waals surface area contributed by atoms with Gasteiger partial charge in [0.25, 0.3) is 5.56 Å². The Bertz CT molecular complexity index is 726. The van der Waals surface area contributed by atoms with E-state index < -0.39 is 11.5 Å². The van der Waals surface area contributed by atoms with Gasteiger partial charge in [0.2, 0.25) is 0 Å². The lowest BCUT2D eigenvalue weighted by atomic mass is 10.2. The van der Waals surface area contributed by atoms with Crippen molar-refractivity contribution < 1.29 is 15.0 Å². The average Bonchev–Trinajstić information content (AvgIpc) is 2.32. The van der Waals surface area contributed by atoms with E-state index in [1.54, 1.807) is 18.2 Å². The molecule has 0 bridgehead atoms. The number of carboxylic acid groups (broad SMARTS) is 1. The molecule has 0 radical (unpaired) electrons. The predicted molar refractivity (Wildman–Crippen MR) is 81.1 cm³/mol. The highest BCUT2D eigenvalue weighted by atomic mass is 127. The Morgan fingerprint density at radius 2 is 1.95 bits per heavy atom. The van der Waals surface area contributed by atoms with Crippen LogP contribution in [0, 0.1) is 3.57 Å². The van der Waals surface area contributed by atoms with Gasteiger partial charge < -0.3 is 10.2 Å². The van der Waals surface area contributed by atoms with Crippen LogP contribution in [0.15, 0.2) is 39.6 Å². The Morgan fingerprint density at radius 3 is 2.53 bits per heavy atom. The summed E-state index contributed by atoms with van der Waals surface area (Å²) in [4.78, 5) is 23.1. The molecule has 0 spiro atoms. The van der Waals surface area contributed by atoms with Crippen LogP contribution in [-0.2, 0) is 0 Å². The van der Waals surface area contributed by atoms with E-state index in [1.807, 2.05) is 0 Å². The van der Waals surface area contributed by atoms with Crippen LogP contribution >= 0.6 is 38.5 Å². The van der Waals surface area contributed by atoms with Crippen molar-refractivity contribution in [1.29, 1.82) is 0 Å². The first-order valence-electron chi connectivity index (χ1n) is 5.05. The van der Waals surface area contributed by atoms with Crippen LogP contribution in [0.4, 0.5) is 0 Å². The molecule has 7 heteroatoms. The number of aromatic carboxylic acids is 1. The molecular weight excluding hydrogens is 429 g/mol. The van der Waals surface area contributed by atoms with Gasteiger partial charge in [-0.25, -0.2) is 4.79 Å². The van der Waals surface area contributed by atoms with E-state index in [9.17, 15) is 14.7 Å². The molecule has 0 amide bonds. The van der Waals surface area contributed by atoms with E-state index >= 15 is 0 Å². The number of rotatable bonds is 2. The van der Waals surface area contributed by atoms with Crippen LogP contribution in [0.2, 0.25) is 0 Å². The van der Waals surface area contributed by atoms with Gasteiger partial charge in [-0.1, -0.05) is 0 Å². The Morgan fingerprint density at radius 1 is 1.26 bits per heavy atom. The van der Waals surface area contributed by atoms with Crippen LogP contribution in [0.5, 0.6) is 5.75 Å². The van der Waals surface area contributed by atoms with E-state index in [2.05, 4.69) is 38.5 Å². The van der Waals surface area contributed by atoms with E-state index in [-0.39, 0.29) is 11.4 Å². The highest BCUT2D eigenvalue weighted by Gasteiger charge is 2.15. The molecule has 5 nitrogen and oxygen atoms in total. The summed E-state index contributed by atoms with van der Waals surface area (Å²) >= 11 is 5.43. The SMILES string of the molecule is O=C(O)c1cc(O)cc(=O)n1-c1ccc(I)c(Br)c1. The summed E-state index contributed by atoms with van der Waals surface area (Å²) in [5.74, 6) is -1.66. The maximum atomic E-state index is 11.9. The van der Waals surface area contributed by atoms with Crippen molar-refractivity contribution in [2.24, 2.45) is 0 Å². The zero-order chi connectivity index (χ0) is 14.2. The fourth-order valence-electron chi connectivity index (χ4n) is 1.60. The summed E-state index contributed by atoms with van der Waals surface area (Å²) in [7, 11) is 0. The summed E-state index contributed by atoms with van der Waals surface area (Å²) in [6, 6.07) is 7.04. The standard InChI is InChI=1S/C12H7BrINO4/c13-8-3-6(1-2-9(8)14)15-10(12(18)19)4-7(16)5-11(15)17/h1-5,16H,(H,18,19). The molecule has 0 aliphatic heterocycles. The van der Waals surface area contributed by atoms with Crippen molar-refractivity contribution in [3.05, 3.63) is 54.4 Å². The lowest BCUT2D eigenvalue weighted by Crippen LogP contribution is -2.23. The van der Waals surface area contributed by atoms with E-state index in [0.717, 1.165) is 24.7 Å². The molecule has 19 heavy (non-hydrogen) atoms. The quantitative estimate of drug-likeness (QED) is 0.710. The van der Waals surface area contributed by atoms with Crippen LogP contribution < -0.4 is 5.56 Å². The lowest BCUT2D eigenvalue weighted by Gasteiger charge is -2.11. The van der Waals surface area contributed by atoms with Gasteiger partial charge >= 0.3 is 5.97 Å². The fraction of sp³-hybridized carbons (Fsp3) is 0. The minimum absolute atomic E-state index is 0.293. The van der Waals surface area contributed by atoms with Crippen molar-refractivity contribution in [2.45, 2.75) is 0 Å². The van der Waals surface area contributed by atoms with Gasteiger partial charge in [-0.2, -0.15) is 0 Å². The Hall–Kier alpha value is -1.35. The van der Waals surface area contributed by atoms with Crippen LogP contribution in [0.1, 0.15) is 10.5 Å². The van der Waals surface area contributed by atoms with Crippen LogP contribution in [0.3, 0.4) is 0 Å². The summed E-state index contributed by atoms with van der Waals surface area (Å²) in [6.45, 7) is 0. The molecule has 1 aromatic heterocycles. The van der Waals surface area contributed by atoms with Crippen molar-refractivity contribution in [1.82, 2.24) is 4.57 Å². The third-order valence-electron chi connectivity index (χ3n) is 2.40. The molecule has 1 aromatic carbocycles. The molecule has 2 rings (SSSR count). The Balaban J connectivity index is 2.77. The van der Waals surface area contributed by atoms with Gasteiger partial charge in [0.1, 0.15) is 11.4 Å². The van der Waals surface area contributed by atoms with Gasteiger partial charge in [-0.05, 0) is 56.7 Å². The summed E-state index contributed by atoms with van der Waals surface area (Å²) < 4.78 is 2.72. The zero-order valence-corrected chi connectivity index (χ0v) is 13.0. The lowest BCUT2D eigenvalue weighted by molar-refractivity contribution is 0.0686. The molecule has 0 atom stereocenters. The second-order valence-corrected chi connectivity index (χ2v) is 5.69. The van der Waals surface area contributed by atoms with Gasteiger partial charge in [-0.15, -0.1) is 0 Å². The first-order valence-corrected chi connectivity index (χ1v) is 6.92. The second kappa shape index (κ2) is 5.33. The number of carboxylic acids is 1. The maximum absolute atomic E-state index is 11.9. The van der Waals surface area contributed by atoms with Crippen LogP contribution in [0.25, 0.3) is 5.69 Å². The molecule has 98 valence electrons. The Kier molecular flexibility index (Phi) is 3.95. The first kappa shape index (κ1) is 14.1. The molecule has 2 N–H and O–H groups in total. The van der Waals surface area contributed by atoms with Crippen molar-refractivity contribution in [3.8, 4) is 11.4 Å². The Labute approximate surface area is 129 Å². The summed E-state index contributed by atoms with van der Waals surface area (Å²) in [6.07, 6.45) is 0. The number of benzene rings is 1. The topological polar surface area (TPSA) is 79.5 Å². The molecule has 1 heterocycles. The minimum Gasteiger partial charge on any atom is -0.508 e. The van der Waals surface area contributed by atoms with Crippen molar-refractivity contribution >= 4 is 44.5 Å². The predicted octanol–water partition coefficient (Wildman–Crippen LogP) is 2.61. The third kappa shape index (κ3) is 2.81. The van der Waals surface area contributed by atoms with Gasteiger partial charge in [0.15, 0.2) is 0 Å². The minimum atomic E-state index is -1.29. The highest BCUT2D eigenvalue weighted by Crippen LogP contribution is 2.23. The van der Waals surface area contributed by atoms with Gasteiger partial charge in [0.05, 0.1) is 5.69 Å². The van der Waals surface area contributed by atoms with Crippen molar-refractivity contribution in [3.63, 3.8) is 0 Å². The maximum Gasteiger partial charge on any atom is 0.353 e. The monoisotopic (exact) mass is 435 g/mol. The number of carbonyl (C=O) groups is 1. The van der Waals surface area contributed by atoms with E-state index in [1.165, 1.54) is 0 Å². The number of pyridine rings is 1. The molecular formula is C12H7BrINO4. The number of hydrogen-bond acceptors (Lipinski definition) is 3. The molecule has 0 aliphatic carbocycles. The molecule has 0 unspecified atom stereocenters. The summed E-state index contributed by atoms with van der Waals surface area (Å²) in [5, 5.41) is 18.4. The molecule has 0 fully saturated rings.